The molecule has 118 valence electrons. The summed E-state index contributed by atoms with van der Waals surface area (Å²) < 4.78 is 0. The Morgan fingerprint density at radius 2 is 2.29 bits per heavy atom. The van der Waals surface area contributed by atoms with E-state index < -0.39 is 0 Å². The summed E-state index contributed by atoms with van der Waals surface area (Å²) in [6, 6.07) is 0. The predicted molar refractivity (Wildman–Crippen MR) is 88.8 cm³/mol. The fourth-order valence-electron chi connectivity index (χ4n) is 2.86. The van der Waals surface area contributed by atoms with Gasteiger partial charge in [-0.2, -0.15) is 0 Å². The summed E-state index contributed by atoms with van der Waals surface area (Å²) in [5.41, 5.74) is 5.84. The van der Waals surface area contributed by atoms with Crippen LogP contribution in [0.2, 0.25) is 0 Å². The highest BCUT2D eigenvalue weighted by Crippen LogP contribution is 2.28. The maximum Gasteiger partial charge on any atom is 0.265 e. The fraction of sp³-hybridized carbons (Fsp3) is 0.733. The van der Waals surface area contributed by atoms with Crippen molar-refractivity contribution in [1.82, 2.24) is 10.3 Å². The Bertz CT molecular complexity index is 474. The molecular weight excluding hydrogens is 284 g/mol. The molecule has 0 radical (unpaired) electrons. The zero-order valence-corrected chi connectivity index (χ0v) is 13.8. The molecular formula is C15H26N4OS. The second-order valence-corrected chi connectivity index (χ2v) is 7.01. The monoisotopic (exact) mass is 310 g/mol. The van der Waals surface area contributed by atoms with Crippen molar-refractivity contribution in [2.45, 2.75) is 46.0 Å². The van der Waals surface area contributed by atoms with Crippen molar-refractivity contribution < 1.29 is 4.79 Å². The number of amides is 1. The highest BCUT2D eigenvalue weighted by atomic mass is 32.1. The molecule has 1 amide bonds. The fourth-order valence-corrected chi connectivity index (χ4v) is 3.69. The van der Waals surface area contributed by atoms with Gasteiger partial charge in [0.1, 0.15) is 10.7 Å². The summed E-state index contributed by atoms with van der Waals surface area (Å²) in [4.78, 5) is 17.0. The van der Waals surface area contributed by atoms with Crippen LogP contribution in [0.1, 0.15) is 55.6 Å². The largest absolute Gasteiger partial charge is 0.382 e. The Hall–Kier alpha value is -1.30. The summed E-state index contributed by atoms with van der Waals surface area (Å²) >= 11 is 1.34. The molecule has 1 aliphatic carbocycles. The average molecular weight is 310 g/mol. The highest BCUT2D eigenvalue weighted by molar-refractivity contribution is 7.18. The first kappa shape index (κ1) is 16.1. The van der Waals surface area contributed by atoms with E-state index in [-0.39, 0.29) is 5.91 Å². The van der Waals surface area contributed by atoms with E-state index in [2.05, 4.69) is 29.5 Å². The van der Waals surface area contributed by atoms with Crippen LogP contribution < -0.4 is 16.4 Å². The first-order chi connectivity index (χ1) is 10.1. The van der Waals surface area contributed by atoms with Gasteiger partial charge in [-0.25, -0.2) is 4.98 Å². The third-order valence-corrected chi connectivity index (χ3v) is 5.01. The molecule has 0 aliphatic heterocycles. The second kappa shape index (κ2) is 7.64. The van der Waals surface area contributed by atoms with E-state index in [0.29, 0.717) is 16.6 Å². The molecule has 21 heavy (non-hydrogen) atoms. The molecule has 1 aromatic rings. The minimum Gasteiger partial charge on any atom is -0.382 e. The summed E-state index contributed by atoms with van der Waals surface area (Å²) in [7, 11) is 0. The number of nitrogens with one attached hydrogen (secondary N) is 2. The van der Waals surface area contributed by atoms with Crippen molar-refractivity contribution >= 4 is 28.2 Å². The topological polar surface area (TPSA) is 80.0 Å². The van der Waals surface area contributed by atoms with Crippen LogP contribution in [0.15, 0.2) is 0 Å². The predicted octanol–water partition coefficient (Wildman–Crippen LogP) is 3.10. The number of carbonyl (C=O) groups excluding carboxylic acids is 1. The number of carbonyl (C=O) groups is 1. The van der Waals surface area contributed by atoms with Crippen molar-refractivity contribution in [1.29, 1.82) is 0 Å². The van der Waals surface area contributed by atoms with E-state index in [0.717, 1.165) is 30.6 Å². The quantitative estimate of drug-likeness (QED) is 0.754. The van der Waals surface area contributed by atoms with Gasteiger partial charge in [0.2, 0.25) is 0 Å². The van der Waals surface area contributed by atoms with Crippen LogP contribution in [0, 0.1) is 11.8 Å². The van der Waals surface area contributed by atoms with Crippen LogP contribution in [0.25, 0.3) is 0 Å². The van der Waals surface area contributed by atoms with Gasteiger partial charge in [0, 0.05) is 13.1 Å². The lowest BCUT2D eigenvalue weighted by Crippen LogP contribution is -2.31. The number of nitrogens with two attached hydrogens (primary N) is 1. The molecule has 1 aliphatic rings. The molecule has 5 nitrogen and oxygen atoms in total. The van der Waals surface area contributed by atoms with Gasteiger partial charge in [0.15, 0.2) is 5.13 Å². The molecule has 2 unspecified atom stereocenters. The molecule has 1 heterocycles. The summed E-state index contributed by atoms with van der Waals surface area (Å²) in [6.07, 6.45) is 6.03. The molecule has 0 saturated heterocycles. The van der Waals surface area contributed by atoms with Crippen molar-refractivity contribution in [2.75, 3.05) is 24.1 Å². The van der Waals surface area contributed by atoms with Crippen LogP contribution in [0.4, 0.5) is 10.9 Å². The van der Waals surface area contributed by atoms with Crippen LogP contribution >= 0.6 is 11.3 Å². The normalized spacial score (nSPS) is 22.0. The van der Waals surface area contributed by atoms with Gasteiger partial charge in [0.05, 0.1) is 0 Å². The summed E-state index contributed by atoms with van der Waals surface area (Å²) in [5, 5.41) is 6.92. The first-order valence-corrected chi connectivity index (χ1v) is 8.70. The molecule has 4 N–H and O–H groups in total. The maximum atomic E-state index is 12.2. The lowest BCUT2D eigenvalue weighted by molar-refractivity contribution is 0.0945. The van der Waals surface area contributed by atoms with Gasteiger partial charge in [-0.1, -0.05) is 38.0 Å². The smallest absolute Gasteiger partial charge is 0.265 e. The molecule has 2 rings (SSSR count). The number of hydrogen-bond donors (Lipinski definition) is 3. The van der Waals surface area contributed by atoms with Gasteiger partial charge >= 0.3 is 0 Å². The van der Waals surface area contributed by atoms with Gasteiger partial charge in [-0.3, -0.25) is 4.79 Å². The number of hydrogen-bond acceptors (Lipinski definition) is 5. The molecule has 6 heteroatoms. The number of nitrogens with zero attached hydrogens (tertiary/aromatic N) is 1. The lowest BCUT2D eigenvalue weighted by atomic mass is 9.82. The maximum absolute atomic E-state index is 12.2. The molecule has 0 aromatic carbocycles. The standard InChI is InChI=1S/C15H26N4OS/c1-3-7-17-15-19-13(16)12(21-15)14(20)18-9-11-6-4-5-10(2)8-11/h10-11H,3-9,16H2,1-2H3,(H,17,19)(H,18,20). The SMILES string of the molecule is CCCNc1nc(N)c(C(=O)NCC2CCCC(C)C2)s1. The number of thiazole rings is 1. The molecule has 2 atom stereocenters. The average Bonchev–Trinajstić information content (AvgIpc) is 2.84. The minimum absolute atomic E-state index is 0.0900. The Morgan fingerprint density at radius 1 is 1.48 bits per heavy atom. The minimum atomic E-state index is -0.0900. The third kappa shape index (κ3) is 4.59. The van der Waals surface area contributed by atoms with Crippen LogP contribution in [0.3, 0.4) is 0 Å². The number of anilines is 2. The zero-order chi connectivity index (χ0) is 15.2. The van der Waals surface area contributed by atoms with E-state index in [4.69, 9.17) is 5.73 Å². The Labute approximate surface area is 130 Å². The Morgan fingerprint density at radius 3 is 3.00 bits per heavy atom. The molecule has 1 fully saturated rings. The molecule has 1 aromatic heterocycles. The molecule has 1 saturated carbocycles. The van der Waals surface area contributed by atoms with Crippen molar-refractivity contribution in [3.8, 4) is 0 Å². The van der Waals surface area contributed by atoms with Crippen molar-refractivity contribution in [2.24, 2.45) is 11.8 Å². The van der Waals surface area contributed by atoms with Gasteiger partial charge in [-0.15, -0.1) is 0 Å². The number of nitrogen functional groups attached to an aromatic ring is 1. The van der Waals surface area contributed by atoms with E-state index in [1.807, 2.05) is 0 Å². The second-order valence-electron chi connectivity index (χ2n) is 6.01. The van der Waals surface area contributed by atoms with E-state index in [9.17, 15) is 4.79 Å². The summed E-state index contributed by atoms with van der Waals surface area (Å²) in [5.74, 6) is 1.62. The zero-order valence-electron chi connectivity index (χ0n) is 12.9. The Balaban J connectivity index is 1.86. The van der Waals surface area contributed by atoms with Gasteiger partial charge < -0.3 is 16.4 Å². The van der Waals surface area contributed by atoms with E-state index >= 15 is 0 Å². The van der Waals surface area contributed by atoms with E-state index in [1.165, 1.54) is 37.0 Å². The van der Waals surface area contributed by atoms with Crippen LogP contribution in [0.5, 0.6) is 0 Å². The Kier molecular flexibility index (Phi) is 5.85. The third-order valence-electron chi connectivity index (χ3n) is 3.98. The number of aromatic nitrogens is 1. The molecule has 0 bridgehead atoms. The highest BCUT2D eigenvalue weighted by Gasteiger charge is 2.21. The first-order valence-electron chi connectivity index (χ1n) is 7.88. The van der Waals surface area contributed by atoms with Crippen LogP contribution in [-0.4, -0.2) is 24.0 Å². The van der Waals surface area contributed by atoms with Crippen molar-refractivity contribution in [3.63, 3.8) is 0 Å². The molecule has 0 spiro atoms. The number of rotatable bonds is 6. The van der Waals surface area contributed by atoms with E-state index in [1.54, 1.807) is 0 Å². The lowest BCUT2D eigenvalue weighted by Gasteiger charge is -2.26. The van der Waals surface area contributed by atoms with Gasteiger partial charge in [-0.05, 0) is 31.1 Å². The summed E-state index contributed by atoms with van der Waals surface area (Å²) in [6.45, 7) is 5.97. The van der Waals surface area contributed by atoms with Crippen molar-refractivity contribution in [3.05, 3.63) is 4.88 Å². The van der Waals surface area contributed by atoms with Crippen LogP contribution in [-0.2, 0) is 0 Å². The van der Waals surface area contributed by atoms with Gasteiger partial charge in [0.25, 0.3) is 5.91 Å².